The van der Waals surface area contributed by atoms with Crippen LogP contribution in [0.5, 0.6) is 0 Å². The summed E-state index contributed by atoms with van der Waals surface area (Å²) in [7, 11) is 0. The van der Waals surface area contributed by atoms with Crippen LogP contribution in [0.25, 0.3) is 0 Å². The second-order valence-corrected chi connectivity index (χ2v) is 26.8. The minimum Gasteiger partial charge on any atom is -0.481 e. The smallest absolute Gasteiger partial charge is 0.326 e. The van der Waals surface area contributed by atoms with Gasteiger partial charge in [-0.15, -0.1) is 0 Å². The molecule has 1 aromatic carbocycles. The topological polar surface area (TPSA) is 670 Å². The molecule has 109 heavy (non-hydrogen) atoms. The highest BCUT2D eigenvalue weighted by molar-refractivity contribution is 6.00. The molecule has 0 bridgehead atoms. The Kier molecular flexibility index (Phi) is 44.9. The Hall–Kier alpha value is -11.3. The number of hydrogen-bond acceptors (Lipinski definition) is 19. The number of carboxylic acid groups (broad SMARTS) is 4. The van der Waals surface area contributed by atoms with Gasteiger partial charge in [-0.2, -0.15) is 0 Å². The fourth-order valence-electron chi connectivity index (χ4n) is 10.6. The number of carboxylic acids is 4. The molecule has 1 aromatic rings. The molecule has 26 N–H and O–H groups in total. The minimum absolute atomic E-state index is 0.0107. The molecular formula is C69H113N19O21. The number of unbranched alkanes of at least 4 members (excludes halogenated alkanes) is 2. The lowest BCUT2D eigenvalue weighted by molar-refractivity contribution is -0.143. The molecule has 0 radical (unpaired) electrons. The summed E-state index contributed by atoms with van der Waals surface area (Å²) in [6.07, 6.45) is -2.67. The Morgan fingerprint density at radius 3 is 1.23 bits per heavy atom. The number of carbonyl (C=O) groups excluding carboxylic acids is 13. The predicted molar refractivity (Wildman–Crippen MR) is 394 cm³/mol. The zero-order valence-corrected chi connectivity index (χ0v) is 63.0. The van der Waals surface area contributed by atoms with Gasteiger partial charge in [-0.25, -0.2) is 4.79 Å². The van der Waals surface area contributed by atoms with Crippen molar-refractivity contribution < 1.29 is 102 Å². The quantitative estimate of drug-likeness (QED) is 0.0168. The van der Waals surface area contributed by atoms with Gasteiger partial charge in [-0.1, -0.05) is 104 Å². The zero-order chi connectivity index (χ0) is 82.6. The molecule has 0 spiro atoms. The van der Waals surface area contributed by atoms with E-state index in [4.69, 9.17) is 28.7 Å². The van der Waals surface area contributed by atoms with Crippen LogP contribution in [0.15, 0.2) is 40.3 Å². The monoisotopic (exact) mass is 1540 g/mol. The maximum atomic E-state index is 14.7. The van der Waals surface area contributed by atoms with Crippen molar-refractivity contribution in [1.29, 1.82) is 0 Å². The van der Waals surface area contributed by atoms with Gasteiger partial charge in [0, 0.05) is 45.2 Å². The fraction of sp³-hybridized carbons (Fsp3) is 0.638. The number of primary amides is 1. The number of hydrogen-bond donors (Lipinski definition) is 21. The van der Waals surface area contributed by atoms with E-state index >= 15 is 0 Å². The van der Waals surface area contributed by atoms with E-state index in [1.165, 1.54) is 13.8 Å². The number of benzene rings is 1. The number of aliphatic imine (C=N–C) groups is 2. The number of carbonyl (C=O) groups is 17. The van der Waals surface area contributed by atoms with E-state index in [1.54, 1.807) is 65.0 Å². The van der Waals surface area contributed by atoms with Gasteiger partial charge in [0.25, 0.3) is 0 Å². The predicted octanol–water partition coefficient (Wildman–Crippen LogP) is -3.92. The first-order valence-corrected chi connectivity index (χ1v) is 36.1. The zero-order valence-electron chi connectivity index (χ0n) is 63.0. The minimum atomic E-state index is -1.99. The Balaban J connectivity index is 3.67. The third-order valence-corrected chi connectivity index (χ3v) is 17.1. The Morgan fingerprint density at radius 1 is 0.394 bits per heavy atom. The van der Waals surface area contributed by atoms with Crippen LogP contribution >= 0.6 is 0 Å². The normalized spacial score (nSPS) is 14.5. The van der Waals surface area contributed by atoms with Crippen molar-refractivity contribution in [1.82, 2.24) is 63.8 Å². The average Bonchev–Trinajstić information content (AvgIpc) is 0.861. The first-order valence-electron chi connectivity index (χ1n) is 36.1. The molecule has 0 aromatic heterocycles. The van der Waals surface area contributed by atoms with Crippen LogP contribution in [-0.4, -0.2) is 219 Å². The van der Waals surface area contributed by atoms with Crippen molar-refractivity contribution in [2.75, 3.05) is 19.6 Å². The van der Waals surface area contributed by atoms with E-state index in [0.29, 0.717) is 18.4 Å². The van der Waals surface area contributed by atoms with Gasteiger partial charge in [0.2, 0.25) is 76.8 Å². The maximum absolute atomic E-state index is 14.7. The third-order valence-electron chi connectivity index (χ3n) is 17.1. The molecule has 0 aliphatic rings. The number of nitrogens with zero attached hydrogens (tertiary/aromatic N) is 2. The molecule has 0 fully saturated rings. The molecule has 610 valence electrons. The number of aliphatic carboxylic acids is 4. The summed E-state index contributed by atoms with van der Waals surface area (Å²) in [5.41, 5.74) is 28.1. The lowest BCUT2D eigenvalue weighted by Gasteiger charge is -2.29. The molecule has 0 unspecified atom stereocenters. The summed E-state index contributed by atoms with van der Waals surface area (Å²) in [6, 6.07) is -9.33. The number of amides is 13. The van der Waals surface area contributed by atoms with Crippen LogP contribution in [0.3, 0.4) is 0 Å². The number of nitrogens with two attached hydrogens (primary N) is 5. The molecule has 0 heterocycles. The highest BCUT2D eigenvalue weighted by Crippen LogP contribution is 2.16. The molecule has 13 atom stereocenters. The summed E-state index contributed by atoms with van der Waals surface area (Å²) < 4.78 is 0. The maximum Gasteiger partial charge on any atom is 0.326 e. The first kappa shape index (κ1) is 95.8. The van der Waals surface area contributed by atoms with Crippen molar-refractivity contribution in [2.24, 2.45) is 56.4 Å². The summed E-state index contributed by atoms with van der Waals surface area (Å²) in [4.78, 5) is 235. The van der Waals surface area contributed by atoms with E-state index in [0.717, 1.165) is 12.8 Å². The molecule has 1 rings (SSSR count). The van der Waals surface area contributed by atoms with E-state index in [2.05, 4.69) is 73.8 Å². The van der Waals surface area contributed by atoms with Crippen LogP contribution in [-0.2, 0) is 87.9 Å². The summed E-state index contributed by atoms with van der Waals surface area (Å²) in [5, 5.41) is 68.0. The summed E-state index contributed by atoms with van der Waals surface area (Å²) in [6.45, 7) is 12.1. The molecule has 40 nitrogen and oxygen atoms in total. The second kappa shape index (κ2) is 51.1. The number of nitrogens with one attached hydrogen (secondary N) is 12. The van der Waals surface area contributed by atoms with E-state index < -0.39 is 225 Å². The summed E-state index contributed by atoms with van der Waals surface area (Å²) in [5.74, 6) is -21.1. The highest BCUT2D eigenvalue weighted by atomic mass is 16.4. The van der Waals surface area contributed by atoms with Crippen molar-refractivity contribution in [3.63, 3.8) is 0 Å². The Labute approximate surface area is 631 Å². The third kappa shape index (κ3) is 39.8. The lowest BCUT2D eigenvalue weighted by Crippen LogP contribution is -2.60. The average molecular weight is 1540 g/mol. The van der Waals surface area contributed by atoms with Gasteiger partial charge >= 0.3 is 23.9 Å². The van der Waals surface area contributed by atoms with Gasteiger partial charge in [-0.05, 0) is 88.0 Å². The van der Waals surface area contributed by atoms with Crippen molar-refractivity contribution in [3.05, 3.63) is 35.9 Å². The molecule has 40 heteroatoms. The molecule has 0 saturated carbocycles. The lowest BCUT2D eigenvalue weighted by atomic mass is 9.97. The van der Waals surface area contributed by atoms with Gasteiger partial charge in [0.15, 0.2) is 11.9 Å². The van der Waals surface area contributed by atoms with E-state index in [1.807, 2.05) is 6.92 Å². The highest BCUT2D eigenvalue weighted by Gasteiger charge is 2.38. The molecule has 0 aliphatic carbocycles. The van der Waals surface area contributed by atoms with Gasteiger partial charge in [-0.3, -0.25) is 86.7 Å². The SMILES string of the molecule is CCCCCC(=O)N[C@H](C(=O)N[C@@H](C)C(=O)N[C@@H](CCC(N)=O)C(=O)N[C@@H](CCC(=O)O)C(=O)N[C@@H](CC(C)C)C(=O)N[C@@H](CCCN=C(N)N)C(=O)N[C@@H](CCCN=C(N)N)C(=O)N[C@H](C(=O)NCC(=O)N[C@@H](CC(=O)O)C(=O)N[C@@H](CCC(=O)O)C(=O)N[C@@H](Cc1ccccc1)C(=O)O)[C@@H](C)CC)[C@@H](C)CC. The largest absolute Gasteiger partial charge is 0.481 e. The van der Waals surface area contributed by atoms with Crippen LogP contribution in [0.4, 0.5) is 0 Å². The van der Waals surface area contributed by atoms with E-state index in [9.17, 15) is 102 Å². The Morgan fingerprint density at radius 2 is 0.807 bits per heavy atom. The second-order valence-electron chi connectivity index (χ2n) is 26.8. The number of rotatable bonds is 55. The van der Waals surface area contributed by atoms with Gasteiger partial charge in [0.05, 0.1) is 13.0 Å². The molecule has 0 aliphatic heterocycles. The van der Waals surface area contributed by atoms with Crippen molar-refractivity contribution in [2.45, 2.75) is 244 Å². The molecular weight excluding hydrogens is 1430 g/mol. The standard InChI is InChI=1S/C69H113N19O21/c1-9-12-14-23-50(90)87-56(38(7)11-3)66(107)78-39(8)57(98)80-43(24-27-49(70)89)59(100)83-44(25-28-52(92)93)60(101)85-46(32-36(4)5)63(104)82-41(21-17-30-75-68(71)72)58(99)81-42(22-18-31-76-69(73)74)62(103)88-55(37(6)10-2)65(106)77-35-51(91)79-47(34-54(96)97)64(105)84-45(26-29-53(94)95)61(102)86-48(67(108)109)33-40-19-15-13-16-20-40/h13,15-16,19-20,36-39,41-48,55-56H,9-12,14,17-18,21-35H2,1-8H3,(H2,70,89)(H,77,106)(H,78,107)(H,79,91)(H,80,98)(H,81,99)(H,82,104)(H,83,100)(H,84,105)(H,85,101)(H,86,102)(H,87,90)(H,88,103)(H,92,93)(H,94,95)(H,96,97)(H,108,109)(H4,71,72,75)(H4,73,74,76)/t37-,38-,39-,41-,42-,43-,44-,45-,46-,47-,48-,55-,56-/m0/s1. The summed E-state index contributed by atoms with van der Waals surface area (Å²) >= 11 is 0. The van der Waals surface area contributed by atoms with Crippen LogP contribution in [0.1, 0.15) is 177 Å². The molecule has 0 saturated heterocycles. The van der Waals surface area contributed by atoms with Crippen LogP contribution < -0.4 is 92.5 Å². The van der Waals surface area contributed by atoms with Crippen LogP contribution in [0, 0.1) is 17.8 Å². The van der Waals surface area contributed by atoms with Gasteiger partial charge < -0.3 is 113 Å². The van der Waals surface area contributed by atoms with Crippen molar-refractivity contribution >= 4 is 113 Å². The molecule has 13 amide bonds. The van der Waals surface area contributed by atoms with E-state index in [-0.39, 0.29) is 88.2 Å². The van der Waals surface area contributed by atoms with Crippen LogP contribution in [0.2, 0.25) is 0 Å². The van der Waals surface area contributed by atoms with Crippen molar-refractivity contribution in [3.8, 4) is 0 Å². The van der Waals surface area contributed by atoms with Gasteiger partial charge in [0.1, 0.15) is 66.5 Å². The Bertz CT molecular complexity index is 3320. The number of guanidine groups is 2. The fourth-order valence-corrected chi connectivity index (χ4v) is 10.6. The first-order chi connectivity index (χ1) is 51.2.